The summed E-state index contributed by atoms with van der Waals surface area (Å²) < 4.78 is 0. The van der Waals surface area contributed by atoms with Gasteiger partial charge in [-0.15, -0.1) is 0 Å². The van der Waals surface area contributed by atoms with Crippen LogP contribution in [0.5, 0.6) is 0 Å². The summed E-state index contributed by atoms with van der Waals surface area (Å²) >= 11 is 0. The van der Waals surface area contributed by atoms with Crippen LogP contribution in [0.4, 0.5) is 0 Å². The Bertz CT molecular complexity index is 143. The molecule has 1 aliphatic heterocycles. The Morgan fingerprint density at radius 1 is 1.67 bits per heavy atom. The minimum Gasteiger partial charge on any atom is -0.364 e. The molecule has 0 radical (unpaired) electrons. The van der Waals surface area contributed by atoms with Crippen molar-refractivity contribution >= 4 is 5.91 Å². The van der Waals surface area contributed by atoms with Crippen molar-refractivity contribution in [3.63, 3.8) is 0 Å². The van der Waals surface area contributed by atoms with Gasteiger partial charge in [0.2, 0.25) is 5.91 Å². The predicted molar refractivity (Wildman–Crippen MR) is 29.4 cm³/mol. The summed E-state index contributed by atoms with van der Waals surface area (Å²) in [6.07, 6.45) is -0.177. The lowest BCUT2D eigenvalue weighted by atomic mass is 10.2. The lowest BCUT2D eigenvalue weighted by Crippen LogP contribution is -2.30. The number of likely N-dealkylation sites (N-methyl/N-ethyl adjacent to an activating group) is 1. The number of likely N-dealkylation sites (tertiary alicyclic amines) is 1. The van der Waals surface area contributed by atoms with Gasteiger partial charge in [-0.05, 0) is 0 Å². The van der Waals surface area contributed by atoms with E-state index in [1.54, 1.807) is 0 Å². The summed E-state index contributed by atoms with van der Waals surface area (Å²) in [7, 11) is 1.54. The number of nitrogens with zero attached hydrogens (tertiary/aromatic N) is 1. The van der Waals surface area contributed by atoms with Gasteiger partial charge in [0, 0.05) is 7.05 Å². The van der Waals surface area contributed by atoms with Crippen LogP contribution in [-0.2, 0) is 4.79 Å². The molecule has 0 aromatic rings. The molecule has 1 amide bonds. The van der Waals surface area contributed by atoms with Gasteiger partial charge in [-0.3, -0.25) is 4.79 Å². The molecule has 0 aromatic carbocycles. The second-order valence-corrected chi connectivity index (χ2v) is 2.41. The Labute approximate surface area is 52.7 Å². The predicted octanol–water partition coefficient (Wildman–Crippen LogP) is -1.47. The fourth-order valence-electron chi connectivity index (χ4n) is 0.901. The second kappa shape index (κ2) is 1.68. The van der Waals surface area contributed by atoms with Gasteiger partial charge in [-0.1, -0.05) is 0 Å². The minimum absolute atomic E-state index is 0.0197. The summed E-state index contributed by atoms with van der Waals surface area (Å²) in [5.41, 5.74) is 0. The van der Waals surface area contributed by atoms with Crippen LogP contribution < -0.4 is 0 Å². The van der Waals surface area contributed by atoms with Crippen molar-refractivity contribution in [2.75, 3.05) is 13.6 Å². The van der Waals surface area contributed by atoms with Crippen LogP contribution in [0.2, 0.25) is 0 Å². The highest BCUT2D eigenvalue weighted by Crippen LogP contribution is 2.16. The van der Waals surface area contributed by atoms with Crippen molar-refractivity contribution < 1.29 is 15.0 Å². The van der Waals surface area contributed by atoms with Crippen molar-refractivity contribution in [2.45, 2.75) is 12.2 Å². The van der Waals surface area contributed by atoms with Gasteiger partial charge in [0.05, 0.1) is 13.0 Å². The summed E-state index contributed by atoms with van der Waals surface area (Å²) in [6, 6.07) is 0. The van der Waals surface area contributed by atoms with E-state index in [2.05, 4.69) is 0 Å². The van der Waals surface area contributed by atoms with Crippen LogP contribution in [0.1, 0.15) is 6.42 Å². The average molecular weight is 131 g/mol. The molecule has 0 aromatic heterocycles. The minimum atomic E-state index is -1.79. The molecule has 2 N–H and O–H groups in total. The van der Waals surface area contributed by atoms with Crippen molar-refractivity contribution in [1.82, 2.24) is 4.90 Å². The molecular formula is C5H9NO3. The van der Waals surface area contributed by atoms with E-state index in [1.807, 2.05) is 0 Å². The molecule has 0 aliphatic carbocycles. The molecule has 0 atom stereocenters. The topological polar surface area (TPSA) is 60.8 Å². The molecule has 1 saturated heterocycles. The summed E-state index contributed by atoms with van der Waals surface area (Å²) in [6.45, 7) is 0.0197. The maximum absolute atomic E-state index is 10.6. The van der Waals surface area contributed by atoms with E-state index in [-0.39, 0.29) is 18.9 Å². The third-order valence-electron chi connectivity index (χ3n) is 1.35. The van der Waals surface area contributed by atoms with Crippen LogP contribution in [0, 0.1) is 0 Å². The van der Waals surface area contributed by atoms with Gasteiger partial charge < -0.3 is 15.1 Å². The number of carbonyl (C=O) groups is 1. The number of β-amino-alcohol motifs (C(OH)–C–C–N with tert-alkyl or cyclic N) is 2. The SMILES string of the molecule is CN1CC(O)(O)CC1=O. The zero-order valence-electron chi connectivity index (χ0n) is 5.16. The van der Waals surface area contributed by atoms with Crippen molar-refractivity contribution in [1.29, 1.82) is 0 Å². The monoisotopic (exact) mass is 131 g/mol. The molecule has 52 valence electrons. The molecular weight excluding hydrogens is 122 g/mol. The maximum Gasteiger partial charge on any atom is 0.227 e. The Morgan fingerprint density at radius 3 is 2.33 bits per heavy atom. The fraction of sp³-hybridized carbons (Fsp3) is 0.800. The van der Waals surface area contributed by atoms with Gasteiger partial charge >= 0.3 is 0 Å². The first-order chi connectivity index (χ1) is 4.01. The molecule has 0 saturated carbocycles. The summed E-state index contributed by atoms with van der Waals surface area (Å²) in [5, 5.41) is 17.7. The number of hydrogen-bond donors (Lipinski definition) is 2. The first kappa shape index (κ1) is 6.51. The normalized spacial score (nSPS) is 25.2. The Hall–Kier alpha value is -0.610. The number of amides is 1. The average Bonchev–Trinajstić information content (AvgIpc) is 1.79. The van der Waals surface area contributed by atoms with E-state index in [0.717, 1.165) is 0 Å². The summed E-state index contributed by atoms with van der Waals surface area (Å²) in [5.74, 6) is -2.01. The molecule has 0 unspecified atom stereocenters. The van der Waals surface area contributed by atoms with Gasteiger partial charge in [0.1, 0.15) is 0 Å². The molecule has 1 heterocycles. The van der Waals surface area contributed by atoms with E-state index in [4.69, 9.17) is 10.2 Å². The molecule has 4 heteroatoms. The highest BCUT2D eigenvalue weighted by molar-refractivity contribution is 5.79. The van der Waals surface area contributed by atoms with E-state index >= 15 is 0 Å². The molecule has 4 nitrogen and oxygen atoms in total. The first-order valence-corrected chi connectivity index (χ1v) is 2.70. The smallest absolute Gasteiger partial charge is 0.227 e. The second-order valence-electron chi connectivity index (χ2n) is 2.41. The number of hydrogen-bond acceptors (Lipinski definition) is 3. The van der Waals surface area contributed by atoms with Crippen molar-refractivity contribution in [3.8, 4) is 0 Å². The van der Waals surface area contributed by atoms with E-state index < -0.39 is 5.79 Å². The fourth-order valence-corrected chi connectivity index (χ4v) is 0.901. The van der Waals surface area contributed by atoms with Crippen LogP contribution in [0.25, 0.3) is 0 Å². The quantitative estimate of drug-likeness (QED) is 0.394. The van der Waals surface area contributed by atoms with E-state index in [0.29, 0.717) is 0 Å². The lowest BCUT2D eigenvalue weighted by molar-refractivity contribution is -0.149. The maximum atomic E-state index is 10.6. The van der Waals surface area contributed by atoms with E-state index in [1.165, 1.54) is 11.9 Å². The third-order valence-corrected chi connectivity index (χ3v) is 1.35. The zero-order chi connectivity index (χ0) is 7.07. The molecule has 0 spiro atoms. The van der Waals surface area contributed by atoms with Crippen LogP contribution in [0.3, 0.4) is 0 Å². The van der Waals surface area contributed by atoms with Gasteiger partial charge in [-0.25, -0.2) is 0 Å². The lowest BCUT2D eigenvalue weighted by Gasteiger charge is -2.12. The van der Waals surface area contributed by atoms with Crippen LogP contribution in [-0.4, -0.2) is 40.4 Å². The Kier molecular flexibility index (Phi) is 1.22. The number of aliphatic hydroxyl groups is 2. The van der Waals surface area contributed by atoms with Gasteiger partial charge in [0.15, 0.2) is 5.79 Å². The molecule has 9 heavy (non-hydrogen) atoms. The molecule has 1 fully saturated rings. The van der Waals surface area contributed by atoms with Crippen LogP contribution in [0.15, 0.2) is 0 Å². The number of carbonyl (C=O) groups excluding carboxylic acids is 1. The Balaban J connectivity index is 2.65. The number of rotatable bonds is 0. The largest absolute Gasteiger partial charge is 0.364 e. The van der Waals surface area contributed by atoms with E-state index in [9.17, 15) is 4.79 Å². The third kappa shape index (κ3) is 1.20. The zero-order valence-corrected chi connectivity index (χ0v) is 5.16. The molecule has 0 bridgehead atoms. The van der Waals surface area contributed by atoms with Crippen molar-refractivity contribution in [2.24, 2.45) is 0 Å². The first-order valence-electron chi connectivity index (χ1n) is 2.70. The van der Waals surface area contributed by atoms with Crippen molar-refractivity contribution in [3.05, 3.63) is 0 Å². The highest BCUT2D eigenvalue weighted by Gasteiger charge is 2.37. The highest BCUT2D eigenvalue weighted by atomic mass is 16.5. The standard InChI is InChI=1S/C5H9NO3/c1-6-3-5(8,9)2-4(6)7/h8-9H,2-3H2,1H3. The van der Waals surface area contributed by atoms with Crippen LogP contribution >= 0.6 is 0 Å². The molecule has 1 aliphatic rings. The van der Waals surface area contributed by atoms with Gasteiger partial charge in [0.25, 0.3) is 0 Å². The van der Waals surface area contributed by atoms with Gasteiger partial charge in [-0.2, -0.15) is 0 Å². The summed E-state index contributed by atoms with van der Waals surface area (Å²) in [4.78, 5) is 11.9. The Morgan fingerprint density at radius 2 is 2.22 bits per heavy atom. The molecule has 1 rings (SSSR count).